The van der Waals surface area contributed by atoms with Gasteiger partial charge >= 0.3 is 0 Å². The topological polar surface area (TPSA) is 116 Å². The van der Waals surface area contributed by atoms with Gasteiger partial charge in [-0.1, -0.05) is 13.3 Å². The molecule has 1 N–H and O–H groups in total. The molecule has 42 heavy (non-hydrogen) atoms. The Hall–Kier alpha value is -4.02. The molecular weight excluding hydrogens is 576 g/mol. The van der Waals surface area contributed by atoms with E-state index in [2.05, 4.69) is 6.92 Å². The predicted octanol–water partition coefficient (Wildman–Crippen LogP) is 6.47. The fourth-order valence-electron chi connectivity index (χ4n) is 3.96. The van der Waals surface area contributed by atoms with Crippen LogP contribution >= 0.6 is 0 Å². The maximum atomic E-state index is 13.0. The summed E-state index contributed by atoms with van der Waals surface area (Å²) in [4.78, 5) is 0.624. The molecule has 0 amide bonds. The molecule has 0 radical (unpaired) electrons. The fourth-order valence-corrected chi connectivity index (χ4v) is 6.48. The van der Waals surface area contributed by atoms with E-state index in [1.807, 2.05) is 0 Å². The second-order valence-electron chi connectivity index (χ2n) is 9.52. The van der Waals surface area contributed by atoms with Crippen LogP contribution in [0.3, 0.4) is 0 Å². The van der Waals surface area contributed by atoms with Gasteiger partial charge in [0, 0.05) is 0 Å². The van der Waals surface area contributed by atoms with Crippen LogP contribution in [0.15, 0.2) is 117 Å². The second-order valence-corrected chi connectivity index (χ2v) is 13.4. The van der Waals surface area contributed by atoms with Gasteiger partial charge in [-0.25, -0.2) is 16.8 Å². The number of phenolic OH excluding ortho intramolecular Hbond substituents is 1. The molecule has 0 aliphatic carbocycles. The largest absolute Gasteiger partial charge is 0.508 e. The predicted molar refractivity (Wildman–Crippen MR) is 159 cm³/mol. The van der Waals surface area contributed by atoms with E-state index in [0.717, 1.165) is 12.8 Å². The van der Waals surface area contributed by atoms with E-state index >= 15 is 0 Å². The van der Waals surface area contributed by atoms with E-state index in [0.29, 0.717) is 49.9 Å². The lowest BCUT2D eigenvalue weighted by Crippen LogP contribution is -2.04. The van der Waals surface area contributed by atoms with Gasteiger partial charge in [-0.15, -0.1) is 0 Å². The maximum Gasteiger partial charge on any atom is 0.206 e. The summed E-state index contributed by atoms with van der Waals surface area (Å²) in [6.07, 6.45) is 3.38. The zero-order chi connectivity index (χ0) is 30.0. The van der Waals surface area contributed by atoms with Gasteiger partial charge in [0.15, 0.2) is 0 Å². The molecule has 4 aromatic carbocycles. The Morgan fingerprint density at radius 2 is 0.762 bits per heavy atom. The van der Waals surface area contributed by atoms with Crippen LogP contribution in [0, 0.1) is 0 Å². The molecule has 0 saturated carbocycles. The van der Waals surface area contributed by atoms with Gasteiger partial charge in [-0.2, -0.15) is 0 Å². The molecular formula is C32H34O8S2. The number of benzene rings is 4. The highest BCUT2D eigenvalue weighted by Crippen LogP contribution is 2.26. The summed E-state index contributed by atoms with van der Waals surface area (Å²) in [5.74, 6) is 1.76. The normalized spacial score (nSPS) is 11.6. The molecule has 0 aromatic heterocycles. The number of rotatable bonds is 15. The average Bonchev–Trinajstić information content (AvgIpc) is 3.00. The minimum Gasteiger partial charge on any atom is -0.508 e. The van der Waals surface area contributed by atoms with Crippen LogP contribution in [0.2, 0.25) is 0 Å². The molecule has 0 spiro atoms. The molecule has 0 saturated heterocycles. The average molecular weight is 611 g/mol. The number of phenols is 1. The standard InChI is InChI=1S/C32H34O8S2/c1-2-3-22-38-26-8-16-31(17-9-26)42(36,37)32-20-12-28(13-21-32)40-24-5-4-23-39-27-10-18-30(19-11-27)41(34,35)29-14-6-25(33)7-15-29/h6-21,33H,2-5,22-24H2,1H3. The van der Waals surface area contributed by atoms with Crippen molar-refractivity contribution in [3.8, 4) is 23.0 Å². The highest BCUT2D eigenvalue weighted by atomic mass is 32.2. The fraction of sp³-hybridized carbons (Fsp3) is 0.250. The third-order valence-corrected chi connectivity index (χ3v) is 9.96. The summed E-state index contributed by atoms with van der Waals surface area (Å²) in [5.41, 5.74) is 0. The van der Waals surface area contributed by atoms with Crippen molar-refractivity contribution < 1.29 is 36.2 Å². The number of aromatic hydroxyl groups is 1. The molecule has 4 aromatic rings. The zero-order valence-electron chi connectivity index (χ0n) is 23.3. The molecule has 222 valence electrons. The first-order valence-electron chi connectivity index (χ1n) is 13.7. The SMILES string of the molecule is CCCCOc1ccc(S(=O)(=O)c2ccc(OCCCCOc3ccc(S(=O)(=O)c4ccc(O)cc4)cc3)cc2)cc1. The first kappa shape index (κ1) is 30.9. The zero-order valence-corrected chi connectivity index (χ0v) is 24.9. The van der Waals surface area contributed by atoms with Crippen molar-refractivity contribution in [3.63, 3.8) is 0 Å². The van der Waals surface area contributed by atoms with Gasteiger partial charge in [0.25, 0.3) is 0 Å². The summed E-state index contributed by atoms with van der Waals surface area (Å²) in [7, 11) is -7.34. The third-order valence-electron chi connectivity index (χ3n) is 6.39. The van der Waals surface area contributed by atoms with E-state index in [-0.39, 0.29) is 25.3 Å². The molecule has 4 rings (SSSR count). The minimum absolute atomic E-state index is 0.00179. The molecule has 0 aliphatic rings. The van der Waals surface area contributed by atoms with Crippen molar-refractivity contribution in [1.29, 1.82) is 0 Å². The first-order valence-corrected chi connectivity index (χ1v) is 16.6. The molecule has 0 heterocycles. The molecule has 0 bridgehead atoms. The van der Waals surface area contributed by atoms with E-state index in [4.69, 9.17) is 14.2 Å². The molecule has 0 aliphatic heterocycles. The lowest BCUT2D eigenvalue weighted by molar-refractivity contribution is 0.266. The second kappa shape index (κ2) is 14.2. The van der Waals surface area contributed by atoms with Crippen molar-refractivity contribution in [2.24, 2.45) is 0 Å². The van der Waals surface area contributed by atoms with Gasteiger partial charge in [0.2, 0.25) is 19.7 Å². The smallest absolute Gasteiger partial charge is 0.206 e. The number of hydrogen-bond acceptors (Lipinski definition) is 8. The summed E-state index contributed by atoms with van der Waals surface area (Å²) in [6, 6.07) is 24.4. The number of unbranched alkanes of at least 4 members (excludes halogenated alkanes) is 2. The summed E-state index contributed by atoms with van der Waals surface area (Å²) in [5, 5.41) is 9.38. The van der Waals surface area contributed by atoms with Crippen molar-refractivity contribution >= 4 is 19.7 Å². The Balaban J connectivity index is 1.19. The Labute approximate surface area is 247 Å². The van der Waals surface area contributed by atoms with E-state index < -0.39 is 19.7 Å². The van der Waals surface area contributed by atoms with E-state index in [1.54, 1.807) is 48.5 Å². The van der Waals surface area contributed by atoms with Crippen molar-refractivity contribution in [1.82, 2.24) is 0 Å². The first-order chi connectivity index (χ1) is 20.2. The number of hydrogen-bond donors (Lipinski definition) is 1. The summed E-state index contributed by atoms with van der Waals surface area (Å²) >= 11 is 0. The van der Waals surface area contributed by atoms with Crippen molar-refractivity contribution in [3.05, 3.63) is 97.1 Å². The molecule has 0 fully saturated rings. The highest BCUT2D eigenvalue weighted by Gasteiger charge is 2.19. The van der Waals surface area contributed by atoms with Gasteiger partial charge < -0.3 is 19.3 Å². The minimum atomic E-state index is -3.68. The van der Waals surface area contributed by atoms with Crippen LogP contribution in [-0.4, -0.2) is 41.8 Å². The molecule has 8 nitrogen and oxygen atoms in total. The van der Waals surface area contributed by atoms with Crippen molar-refractivity contribution in [2.45, 2.75) is 52.2 Å². The Bertz CT molecular complexity index is 1630. The monoisotopic (exact) mass is 610 g/mol. The van der Waals surface area contributed by atoms with Crippen LogP contribution in [0.1, 0.15) is 32.6 Å². The van der Waals surface area contributed by atoms with Gasteiger partial charge in [0.05, 0.1) is 39.4 Å². The van der Waals surface area contributed by atoms with E-state index in [1.165, 1.54) is 48.5 Å². The quantitative estimate of drug-likeness (QED) is 0.152. The maximum absolute atomic E-state index is 13.0. The van der Waals surface area contributed by atoms with Gasteiger partial charge in [-0.3, -0.25) is 0 Å². The van der Waals surface area contributed by atoms with E-state index in [9.17, 15) is 21.9 Å². The summed E-state index contributed by atoms with van der Waals surface area (Å²) in [6.45, 7) is 3.53. The number of ether oxygens (including phenoxy) is 3. The van der Waals surface area contributed by atoms with Crippen LogP contribution < -0.4 is 14.2 Å². The Morgan fingerprint density at radius 3 is 1.07 bits per heavy atom. The number of sulfone groups is 2. The molecule has 0 unspecified atom stereocenters. The van der Waals surface area contributed by atoms with Crippen LogP contribution in [0.4, 0.5) is 0 Å². The Morgan fingerprint density at radius 1 is 0.476 bits per heavy atom. The summed E-state index contributed by atoms with van der Waals surface area (Å²) < 4.78 is 68.5. The van der Waals surface area contributed by atoms with Crippen molar-refractivity contribution in [2.75, 3.05) is 19.8 Å². The lowest BCUT2D eigenvalue weighted by atomic mass is 10.3. The third kappa shape index (κ3) is 8.04. The van der Waals surface area contributed by atoms with Crippen LogP contribution in [0.5, 0.6) is 23.0 Å². The van der Waals surface area contributed by atoms with Crippen LogP contribution in [-0.2, 0) is 19.7 Å². The molecule has 0 atom stereocenters. The Kier molecular flexibility index (Phi) is 10.5. The van der Waals surface area contributed by atoms with Crippen LogP contribution in [0.25, 0.3) is 0 Å². The van der Waals surface area contributed by atoms with Gasteiger partial charge in [-0.05, 0) is 116 Å². The lowest BCUT2D eigenvalue weighted by Gasteiger charge is -2.10. The van der Waals surface area contributed by atoms with Gasteiger partial charge in [0.1, 0.15) is 23.0 Å². The molecule has 10 heteroatoms. The highest BCUT2D eigenvalue weighted by molar-refractivity contribution is 7.91.